The predicted octanol–water partition coefficient (Wildman–Crippen LogP) is 4.20. The first-order chi connectivity index (χ1) is 9.92. The van der Waals surface area contributed by atoms with E-state index in [1.807, 2.05) is 26.0 Å². The minimum atomic E-state index is -0.491. The Bertz CT molecular complexity index is 644. The molecule has 2 aromatic carbocycles. The van der Waals surface area contributed by atoms with Crippen molar-refractivity contribution < 1.29 is 9.84 Å². The monoisotopic (exact) mass is 284 g/mol. The van der Waals surface area contributed by atoms with Crippen molar-refractivity contribution >= 4 is 0 Å². The molecule has 0 aliphatic carbocycles. The number of hydrogen-bond acceptors (Lipinski definition) is 2. The standard InChI is InChI=1S/C19H24O2/c1-12-6-7-13(2)16(8-12)11-18(20)17-9-15(4)19(21-5)10-14(17)3/h6-10,18,20H,11H2,1-5H3. The van der Waals surface area contributed by atoms with E-state index < -0.39 is 6.10 Å². The molecule has 0 spiro atoms. The normalized spacial score (nSPS) is 12.3. The summed E-state index contributed by atoms with van der Waals surface area (Å²) >= 11 is 0. The number of benzene rings is 2. The van der Waals surface area contributed by atoms with E-state index >= 15 is 0 Å². The van der Waals surface area contributed by atoms with Crippen LogP contribution in [-0.2, 0) is 6.42 Å². The van der Waals surface area contributed by atoms with Crippen LogP contribution < -0.4 is 4.74 Å². The second-order valence-corrected chi connectivity index (χ2v) is 5.83. The van der Waals surface area contributed by atoms with Gasteiger partial charge in [0.25, 0.3) is 0 Å². The number of aliphatic hydroxyl groups excluding tert-OH is 1. The van der Waals surface area contributed by atoms with Crippen LogP contribution in [0.1, 0.15) is 39.5 Å². The van der Waals surface area contributed by atoms with Crippen molar-refractivity contribution in [2.45, 2.75) is 40.2 Å². The number of aliphatic hydroxyl groups is 1. The Morgan fingerprint density at radius 2 is 1.67 bits per heavy atom. The molecule has 0 bridgehead atoms. The lowest BCUT2D eigenvalue weighted by molar-refractivity contribution is 0.177. The van der Waals surface area contributed by atoms with Gasteiger partial charge in [-0.25, -0.2) is 0 Å². The molecular formula is C19H24O2. The minimum absolute atomic E-state index is 0.491. The van der Waals surface area contributed by atoms with Gasteiger partial charge in [0.05, 0.1) is 13.2 Å². The average Bonchev–Trinajstić information content (AvgIpc) is 2.44. The summed E-state index contributed by atoms with van der Waals surface area (Å²) in [5.41, 5.74) is 6.76. The average molecular weight is 284 g/mol. The lowest BCUT2D eigenvalue weighted by atomic mass is 9.93. The topological polar surface area (TPSA) is 29.5 Å². The maximum absolute atomic E-state index is 10.6. The molecule has 0 fully saturated rings. The highest BCUT2D eigenvalue weighted by Crippen LogP contribution is 2.29. The highest BCUT2D eigenvalue weighted by molar-refractivity contribution is 5.43. The summed E-state index contributed by atoms with van der Waals surface area (Å²) in [5, 5.41) is 10.6. The quantitative estimate of drug-likeness (QED) is 0.911. The minimum Gasteiger partial charge on any atom is -0.496 e. The fraction of sp³-hybridized carbons (Fsp3) is 0.368. The zero-order chi connectivity index (χ0) is 15.6. The summed E-state index contributed by atoms with van der Waals surface area (Å²) < 4.78 is 5.33. The van der Waals surface area contributed by atoms with Gasteiger partial charge < -0.3 is 9.84 Å². The maximum Gasteiger partial charge on any atom is 0.122 e. The molecule has 2 heteroatoms. The van der Waals surface area contributed by atoms with Crippen molar-refractivity contribution in [2.24, 2.45) is 0 Å². The molecule has 0 saturated heterocycles. The summed E-state index contributed by atoms with van der Waals surface area (Å²) in [7, 11) is 1.67. The number of ether oxygens (including phenoxy) is 1. The van der Waals surface area contributed by atoms with Gasteiger partial charge in [-0.15, -0.1) is 0 Å². The van der Waals surface area contributed by atoms with Crippen molar-refractivity contribution in [3.8, 4) is 5.75 Å². The molecule has 0 saturated carbocycles. The molecule has 21 heavy (non-hydrogen) atoms. The molecule has 2 aromatic rings. The number of methoxy groups -OCH3 is 1. The second kappa shape index (κ2) is 6.31. The van der Waals surface area contributed by atoms with Gasteiger partial charge in [-0.1, -0.05) is 23.8 Å². The summed E-state index contributed by atoms with van der Waals surface area (Å²) in [6.07, 6.45) is 0.148. The largest absolute Gasteiger partial charge is 0.496 e. The van der Waals surface area contributed by atoms with Crippen LogP contribution in [0.15, 0.2) is 30.3 Å². The van der Waals surface area contributed by atoms with Crippen LogP contribution in [0, 0.1) is 27.7 Å². The Hall–Kier alpha value is -1.80. The number of hydrogen-bond donors (Lipinski definition) is 1. The Morgan fingerprint density at radius 3 is 2.33 bits per heavy atom. The smallest absolute Gasteiger partial charge is 0.122 e. The molecule has 0 aliphatic heterocycles. The van der Waals surface area contributed by atoms with E-state index in [1.165, 1.54) is 16.7 Å². The van der Waals surface area contributed by atoms with Crippen LogP contribution in [0.4, 0.5) is 0 Å². The van der Waals surface area contributed by atoms with Gasteiger partial charge in [-0.05, 0) is 67.6 Å². The van der Waals surface area contributed by atoms with Crippen molar-refractivity contribution in [1.29, 1.82) is 0 Å². The van der Waals surface area contributed by atoms with Gasteiger partial charge in [0.2, 0.25) is 0 Å². The molecule has 1 N–H and O–H groups in total. The molecule has 1 unspecified atom stereocenters. The van der Waals surface area contributed by atoms with Gasteiger partial charge in [0, 0.05) is 6.42 Å². The second-order valence-electron chi connectivity index (χ2n) is 5.83. The third kappa shape index (κ3) is 3.45. The first-order valence-corrected chi connectivity index (χ1v) is 7.31. The fourth-order valence-electron chi connectivity index (χ4n) is 2.73. The molecule has 1 atom stereocenters. The first-order valence-electron chi connectivity index (χ1n) is 7.31. The van der Waals surface area contributed by atoms with Crippen molar-refractivity contribution in [3.05, 3.63) is 63.7 Å². The van der Waals surface area contributed by atoms with Crippen LogP contribution in [0.5, 0.6) is 5.75 Å². The third-order valence-electron chi connectivity index (χ3n) is 4.06. The SMILES string of the molecule is COc1cc(C)c(C(O)Cc2cc(C)ccc2C)cc1C. The predicted molar refractivity (Wildman–Crippen MR) is 87.0 cm³/mol. The van der Waals surface area contributed by atoms with E-state index in [-0.39, 0.29) is 0 Å². The Labute approximate surface area is 127 Å². The highest BCUT2D eigenvalue weighted by atomic mass is 16.5. The van der Waals surface area contributed by atoms with Crippen molar-refractivity contribution in [2.75, 3.05) is 7.11 Å². The van der Waals surface area contributed by atoms with Gasteiger partial charge in [0.15, 0.2) is 0 Å². The number of aryl methyl sites for hydroxylation is 4. The fourth-order valence-corrected chi connectivity index (χ4v) is 2.73. The van der Waals surface area contributed by atoms with Crippen LogP contribution in [0.2, 0.25) is 0 Å². The lowest BCUT2D eigenvalue weighted by Crippen LogP contribution is -2.06. The van der Waals surface area contributed by atoms with Crippen LogP contribution in [0.25, 0.3) is 0 Å². The molecule has 0 radical (unpaired) electrons. The van der Waals surface area contributed by atoms with Gasteiger partial charge >= 0.3 is 0 Å². The Morgan fingerprint density at radius 1 is 0.952 bits per heavy atom. The van der Waals surface area contributed by atoms with Crippen molar-refractivity contribution in [1.82, 2.24) is 0 Å². The molecular weight excluding hydrogens is 260 g/mol. The zero-order valence-corrected chi connectivity index (χ0v) is 13.5. The van der Waals surface area contributed by atoms with Crippen LogP contribution >= 0.6 is 0 Å². The highest BCUT2D eigenvalue weighted by Gasteiger charge is 2.15. The lowest BCUT2D eigenvalue weighted by Gasteiger charge is -2.18. The Kier molecular flexibility index (Phi) is 4.69. The van der Waals surface area contributed by atoms with E-state index in [4.69, 9.17) is 4.74 Å². The van der Waals surface area contributed by atoms with E-state index in [0.717, 1.165) is 22.4 Å². The van der Waals surface area contributed by atoms with Gasteiger partial charge in [-0.2, -0.15) is 0 Å². The Balaban J connectivity index is 2.30. The first kappa shape index (κ1) is 15.6. The third-order valence-corrected chi connectivity index (χ3v) is 4.06. The maximum atomic E-state index is 10.6. The van der Waals surface area contributed by atoms with E-state index in [2.05, 4.69) is 32.0 Å². The summed E-state index contributed by atoms with van der Waals surface area (Å²) in [4.78, 5) is 0. The molecule has 0 aliphatic rings. The molecule has 0 aromatic heterocycles. The summed E-state index contributed by atoms with van der Waals surface area (Å²) in [6.45, 7) is 8.20. The molecule has 2 nitrogen and oxygen atoms in total. The molecule has 2 rings (SSSR count). The van der Waals surface area contributed by atoms with Crippen molar-refractivity contribution in [3.63, 3.8) is 0 Å². The molecule has 0 heterocycles. The molecule has 0 amide bonds. The van der Waals surface area contributed by atoms with E-state index in [0.29, 0.717) is 6.42 Å². The van der Waals surface area contributed by atoms with Crippen LogP contribution in [-0.4, -0.2) is 12.2 Å². The van der Waals surface area contributed by atoms with Gasteiger partial charge in [-0.3, -0.25) is 0 Å². The van der Waals surface area contributed by atoms with Crippen LogP contribution in [0.3, 0.4) is 0 Å². The van der Waals surface area contributed by atoms with Gasteiger partial charge in [0.1, 0.15) is 5.75 Å². The van der Waals surface area contributed by atoms with E-state index in [9.17, 15) is 5.11 Å². The summed E-state index contributed by atoms with van der Waals surface area (Å²) in [6, 6.07) is 10.4. The summed E-state index contributed by atoms with van der Waals surface area (Å²) in [5.74, 6) is 0.871. The molecule has 112 valence electrons. The number of rotatable bonds is 4. The van der Waals surface area contributed by atoms with E-state index in [1.54, 1.807) is 7.11 Å². The zero-order valence-electron chi connectivity index (χ0n) is 13.5.